The van der Waals surface area contributed by atoms with Gasteiger partial charge in [0.25, 0.3) is 0 Å². The Kier molecular flexibility index (Phi) is 5.88. The third kappa shape index (κ3) is 5.75. The minimum Gasteiger partial charge on any atom is -0.463 e. The second kappa shape index (κ2) is 6.09. The first-order chi connectivity index (χ1) is 6.04. The van der Waals surface area contributed by atoms with Gasteiger partial charge < -0.3 is 18.0 Å². The van der Waals surface area contributed by atoms with Gasteiger partial charge in [0.15, 0.2) is 0 Å². The second-order valence-corrected chi connectivity index (χ2v) is 5.29. The molecule has 0 atom stereocenters. The van der Waals surface area contributed by atoms with Crippen molar-refractivity contribution in [2.75, 3.05) is 27.4 Å². The molecule has 0 unspecified atom stereocenters. The lowest BCUT2D eigenvalue weighted by Crippen LogP contribution is -2.41. The lowest BCUT2D eigenvalue weighted by atomic mass is 10.7. The van der Waals surface area contributed by atoms with Crippen LogP contribution in [0.2, 0.25) is 6.55 Å². The monoisotopic (exact) mass is 208 g/mol. The molecule has 0 spiro atoms. The van der Waals surface area contributed by atoms with Crippen molar-refractivity contribution in [2.45, 2.75) is 13.5 Å². The Hall–Kier alpha value is -0.433. The van der Waals surface area contributed by atoms with Crippen LogP contribution in [-0.2, 0) is 22.8 Å². The molecular weight excluding hydrogens is 192 g/mol. The van der Waals surface area contributed by atoms with E-state index in [2.05, 4.69) is 4.74 Å². The summed E-state index contributed by atoms with van der Waals surface area (Å²) in [5.41, 5.74) is 0. The van der Waals surface area contributed by atoms with Gasteiger partial charge in [-0.2, -0.15) is 0 Å². The van der Waals surface area contributed by atoms with Crippen LogP contribution in [0.25, 0.3) is 0 Å². The van der Waals surface area contributed by atoms with Crippen molar-refractivity contribution in [1.29, 1.82) is 0 Å². The molecule has 0 aliphatic rings. The van der Waals surface area contributed by atoms with E-state index in [1.807, 2.05) is 0 Å². The molecule has 0 aliphatic carbocycles. The van der Waals surface area contributed by atoms with Crippen molar-refractivity contribution in [2.24, 2.45) is 0 Å². The van der Waals surface area contributed by atoms with Gasteiger partial charge in [-0.15, -0.1) is 0 Å². The maximum atomic E-state index is 10.4. The molecule has 0 aromatic carbocycles. The third-order valence-corrected chi connectivity index (χ3v) is 3.71. The van der Waals surface area contributed by atoms with Crippen LogP contribution in [0, 0.1) is 0 Å². The molecule has 0 rings (SSSR count). The maximum Gasteiger partial charge on any atom is 0.497 e. The van der Waals surface area contributed by atoms with E-state index in [1.54, 1.807) is 6.55 Å². The topological polar surface area (TPSA) is 54.0 Å². The molecule has 6 heteroatoms. The average molecular weight is 208 g/mol. The SMILES string of the molecule is CO[Si](C)(OC)OCCOC(C)=O. The summed E-state index contributed by atoms with van der Waals surface area (Å²) in [6, 6.07) is 0. The summed E-state index contributed by atoms with van der Waals surface area (Å²) in [7, 11) is 0.598. The fourth-order valence-electron chi connectivity index (χ4n) is 0.614. The van der Waals surface area contributed by atoms with Crippen LogP contribution in [0.4, 0.5) is 0 Å². The van der Waals surface area contributed by atoms with E-state index in [1.165, 1.54) is 21.1 Å². The zero-order valence-electron chi connectivity index (χ0n) is 8.46. The summed E-state index contributed by atoms with van der Waals surface area (Å²) in [5, 5.41) is 0. The van der Waals surface area contributed by atoms with Gasteiger partial charge in [-0.3, -0.25) is 4.79 Å². The molecule has 78 valence electrons. The molecule has 0 amide bonds. The van der Waals surface area contributed by atoms with Crippen molar-refractivity contribution < 1.29 is 22.8 Å². The highest BCUT2D eigenvalue weighted by Gasteiger charge is 2.31. The van der Waals surface area contributed by atoms with Gasteiger partial charge in [0.1, 0.15) is 6.61 Å². The number of ether oxygens (including phenoxy) is 1. The number of hydrogen-bond donors (Lipinski definition) is 0. The Balaban J connectivity index is 3.55. The van der Waals surface area contributed by atoms with E-state index in [4.69, 9.17) is 13.3 Å². The molecule has 0 heterocycles. The molecule has 0 radical (unpaired) electrons. The molecule has 0 aromatic rings. The Morgan fingerprint density at radius 3 is 2.15 bits per heavy atom. The van der Waals surface area contributed by atoms with E-state index >= 15 is 0 Å². The Morgan fingerprint density at radius 1 is 1.23 bits per heavy atom. The van der Waals surface area contributed by atoms with Gasteiger partial charge >= 0.3 is 14.8 Å². The Labute approximate surface area is 79.3 Å². The van der Waals surface area contributed by atoms with Crippen LogP contribution in [0.1, 0.15) is 6.92 Å². The summed E-state index contributed by atoms with van der Waals surface area (Å²) in [4.78, 5) is 10.4. The molecule has 0 aliphatic heterocycles. The number of carbonyl (C=O) groups is 1. The lowest BCUT2D eigenvalue weighted by molar-refractivity contribution is -0.142. The zero-order valence-corrected chi connectivity index (χ0v) is 9.46. The van der Waals surface area contributed by atoms with E-state index < -0.39 is 8.80 Å². The van der Waals surface area contributed by atoms with Crippen molar-refractivity contribution in [1.82, 2.24) is 0 Å². The first-order valence-corrected chi connectivity index (χ1v) is 6.14. The van der Waals surface area contributed by atoms with E-state index in [9.17, 15) is 4.79 Å². The summed E-state index contributed by atoms with van der Waals surface area (Å²) in [6.07, 6.45) is 0. The standard InChI is InChI=1S/C7H16O5Si/c1-7(8)11-5-6-12-13(4,9-2)10-3/h5-6H2,1-4H3. The fraction of sp³-hybridized carbons (Fsp3) is 0.857. The Bertz CT molecular complexity index is 157. The molecule has 0 saturated carbocycles. The van der Waals surface area contributed by atoms with Crippen molar-refractivity contribution in [3.05, 3.63) is 0 Å². The normalized spacial score (nSPS) is 11.4. The summed E-state index contributed by atoms with van der Waals surface area (Å²) in [6.45, 7) is 3.64. The van der Waals surface area contributed by atoms with Gasteiger partial charge in [-0.1, -0.05) is 0 Å². The van der Waals surface area contributed by atoms with E-state index in [0.29, 0.717) is 6.61 Å². The zero-order chi connectivity index (χ0) is 10.3. The number of hydrogen-bond acceptors (Lipinski definition) is 5. The van der Waals surface area contributed by atoms with Gasteiger partial charge in [-0.05, 0) is 0 Å². The fourth-order valence-corrected chi connectivity index (χ4v) is 1.47. The van der Waals surface area contributed by atoms with Gasteiger partial charge in [-0.25, -0.2) is 0 Å². The van der Waals surface area contributed by atoms with Crippen molar-refractivity contribution >= 4 is 14.8 Å². The third-order valence-electron chi connectivity index (χ3n) is 1.49. The molecule has 0 N–H and O–H groups in total. The van der Waals surface area contributed by atoms with Crippen LogP contribution in [0.3, 0.4) is 0 Å². The summed E-state index contributed by atoms with van der Waals surface area (Å²) in [5.74, 6) is -0.318. The summed E-state index contributed by atoms with van der Waals surface area (Å²) >= 11 is 0. The van der Waals surface area contributed by atoms with E-state index in [-0.39, 0.29) is 12.6 Å². The quantitative estimate of drug-likeness (QED) is 0.360. The largest absolute Gasteiger partial charge is 0.497 e. The maximum absolute atomic E-state index is 10.4. The van der Waals surface area contributed by atoms with Gasteiger partial charge in [0.2, 0.25) is 0 Å². The number of carbonyl (C=O) groups excluding carboxylic acids is 1. The van der Waals surface area contributed by atoms with Crippen LogP contribution in [0.15, 0.2) is 0 Å². The molecule has 0 fully saturated rings. The molecule has 13 heavy (non-hydrogen) atoms. The molecule has 0 bridgehead atoms. The molecule has 0 aromatic heterocycles. The highest BCUT2D eigenvalue weighted by molar-refractivity contribution is 6.59. The average Bonchev–Trinajstić information content (AvgIpc) is 2.12. The first-order valence-electron chi connectivity index (χ1n) is 3.91. The number of esters is 1. The molecule has 0 saturated heterocycles. The Morgan fingerprint density at radius 2 is 1.77 bits per heavy atom. The number of rotatable bonds is 6. The molecule has 5 nitrogen and oxygen atoms in total. The smallest absolute Gasteiger partial charge is 0.463 e. The van der Waals surface area contributed by atoms with Crippen LogP contribution in [0.5, 0.6) is 0 Å². The summed E-state index contributed by atoms with van der Waals surface area (Å²) < 4.78 is 20.1. The van der Waals surface area contributed by atoms with E-state index in [0.717, 1.165) is 0 Å². The van der Waals surface area contributed by atoms with Crippen molar-refractivity contribution in [3.8, 4) is 0 Å². The minimum atomic E-state index is -2.46. The van der Waals surface area contributed by atoms with Gasteiger partial charge in [0, 0.05) is 27.7 Å². The molecular formula is C7H16O5Si. The van der Waals surface area contributed by atoms with Crippen LogP contribution < -0.4 is 0 Å². The second-order valence-electron chi connectivity index (χ2n) is 2.46. The predicted molar refractivity (Wildman–Crippen MR) is 48.2 cm³/mol. The first kappa shape index (κ1) is 12.6. The lowest BCUT2D eigenvalue weighted by Gasteiger charge is -2.21. The van der Waals surface area contributed by atoms with Gasteiger partial charge in [0.05, 0.1) is 6.61 Å². The van der Waals surface area contributed by atoms with Crippen LogP contribution >= 0.6 is 0 Å². The van der Waals surface area contributed by atoms with Crippen LogP contribution in [-0.4, -0.2) is 42.2 Å². The predicted octanol–water partition coefficient (Wildman–Crippen LogP) is 0.428. The van der Waals surface area contributed by atoms with Crippen molar-refractivity contribution in [3.63, 3.8) is 0 Å². The minimum absolute atomic E-state index is 0.227. The highest BCUT2D eigenvalue weighted by Crippen LogP contribution is 2.05. The highest BCUT2D eigenvalue weighted by atomic mass is 28.4.